The lowest BCUT2D eigenvalue weighted by atomic mass is 10.1. The molecule has 1 amide bonds. The van der Waals surface area contributed by atoms with Crippen LogP contribution in [0.5, 0.6) is 0 Å². The number of rotatable bonds is 7. The Bertz CT molecular complexity index is 986. The first-order chi connectivity index (χ1) is 14.8. The van der Waals surface area contributed by atoms with Crippen molar-refractivity contribution in [1.82, 2.24) is 0 Å². The molecule has 3 rings (SSSR count). The number of carbonyl (C=O) groups excluding carboxylic acids is 4. The Kier molecular flexibility index (Phi) is 7.07. The Balaban J connectivity index is 1.61. The molecule has 0 radical (unpaired) electrons. The number of nitrogens with zero attached hydrogens (tertiary/aromatic N) is 1. The molecule has 2 aromatic carbocycles. The van der Waals surface area contributed by atoms with Gasteiger partial charge in [0.25, 0.3) is 0 Å². The molecule has 0 bridgehead atoms. The molecule has 162 valence electrons. The highest BCUT2D eigenvalue weighted by molar-refractivity contribution is 6.30. The number of Topliss-reactive ketones (excluding diaryl/α,β-unsaturated/α-hetero) is 1. The van der Waals surface area contributed by atoms with Gasteiger partial charge in [-0.05, 0) is 62.4 Å². The van der Waals surface area contributed by atoms with Gasteiger partial charge in [0.05, 0.1) is 18.1 Å². The van der Waals surface area contributed by atoms with Crippen molar-refractivity contribution in [1.29, 1.82) is 0 Å². The predicted molar refractivity (Wildman–Crippen MR) is 114 cm³/mol. The van der Waals surface area contributed by atoms with Crippen LogP contribution in [-0.4, -0.2) is 42.9 Å². The van der Waals surface area contributed by atoms with E-state index in [-0.39, 0.29) is 31.3 Å². The first-order valence-corrected chi connectivity index (χ1v) is 10.3. The van der Waals surface area contributed by atoms with Crippen molar-refractivity contribution in [3.8, 4) is 0 Å². The van der Waals surface area contributed by atoms with E-state index < -0.39 is 24.0 Å². The van der Waals surface area contributed by atoms with E-state index in [4.69, 9.17) is 21.1 Å². The SMILES string of the molecule is CCOC(=O)c1ccc(N2C[C@@H](C(=O)O[C@H](C)C(=O)c3ccc(Cl)cc3)CC2=O)cc1. The minimum atomic E-state index is -0.985. The lowest BCUT2D eigenvalue weighted by Crippen LogP contribution is -2.30. The molecule has 1 aliphatic heterocycles. The summed E-state index contributed by atoms with van der Waals surface area (Å²) < 4.78 is 10.3. The molecule has 7 nitrogen and oxygen atoms in total. The standard InChI is InChI=1S/C23H22ClNO6/c1-3-30-22(28)16-6-10-19(11-7-16)25-13-17(12-20(25)26)23(29)31-14(2)21(27)15-4-8-18(24)9-5-15/h4-11,14,17H,3,12-13H2,1-2H3/t14-,17+/m1/s1. The summed E-state index contributed by atoms with van der Waals surface area (Å²) in [7, 11) is 0. The molecule has 31 heavy (non-hydrogen) atoms. The first kappa shape index (κ1) is 22.5. The van der Waals surface area contributed by atoms with Gasteiger partial charge in [0.2, 0.25) is 11.7 Å². The summed E-state index contributed by atoms with van der Waals surface area (Å²) >= 11 is 5.83. The predicted octanol–water partition coefficient (Wildman–Crippen LogP) is 3.68. The molecule has 0 N–H and O–H groups in total. The van der Waals surface area contributed by atoms with Gasteiger partial charge in [-0.25, -0.2) is 4.79 Å². The minimum Gasteiger partial charge on any atom is -0.462 e. The number of hydrogen-bond donors (Lipinski definition) is 0. The smallest absolute Gasteiger partial charge is 0.338 e. The molecular weight excluding hydrogens is 422 g/mol. The van der Waals surface area contributed by atoms with E-state index in [9.17, 15) is 19.2 Å². The molecule has 0 unspecified atom stereocenters. The zero-order valence-corrected chi connectivity index (χ0v) is 17.9. The van der Waals surface area contributed by atoms with E-state index in [1.807, 2.05) is 0 Å². The number of carbonyl (C=O) groups is 4. The number of amides is 1. The Labute approximate surface area is 184 Å². The number of ether oxygens (including phenoxy) is 2. The third kappa shape index (κ3) is 5.30. The van der Waals surface area contributed by atoms with Crippen molar-refractivity contribution in [3.63, 3.8) is 0 Å². The monoisotopic (exact) mass is 443 g/mol. The maximum Gasteiger partial charge on any atom is 0.338 e. The third-order valence-electron chi connectivity index (χ3n) is 4.94. The zero-order chi connectivity index (χ0) is 22.5. The average molecular weight is 444 g/mol. The number of anilines is 1. The third-order valence-corrected chi connectivity index (χ3v) is 5.19. The quantitative estimate of drug-likeness (QED) is 0.479. The average Bonchev–Trinajstić information content (AvgIpc) is 3.16. The maximum atomic E-state index is 12.5. The highest BCUT2D eigenvalue weighted by Gasteiger charge is 2.37. The van der Waals surface area contributed by atoms with Crippen LogP contribution in [0.3, 0.4) is 0 Å². The Morgan fingerprint density at radius 2 is 1.68 bits per heavy atom. The Morgan fingerprint density at radius 1 is 1.06 bits per heavy atom. The second-order valence-corrected chi connectivity index (χ2v) is 7.56. The maximum absolute atomic E-state index is 12.5. The molecule has 1 heterocycles. The molecule has 2 aromatic rings. The fourth-order valence-corrected chi connectivity index (χ4v) is 3.41. The van der Waals surface area contributed by atoms with Crippen molar-refractivity contribution in [2.24, 2.45) is 5.92 Å². The fraction of sp³-hybridized carbons (Fsp3) is 0.304. The highest BCUT2D eigenvalue weighted by atomic mass is 35.5. The molecule has 0 saturated carbocycles. The number of esters is 2. The number of halogens is 1. The van der Waals surface area contributed by atoms with Crippen LogP contribution >= 0.6 is 11.6 Å². The van der Waals surface area contributed by atoms with Gasteiger partial charge in [0.1, 0.15) is 0 Å². The summed E-state index contributed by atoms with van der Waals surface area (Å²) in [4.78, 5) is 50.7. The van der Waals surface area contributed by atoms with E-state index in [1.54, 1.807) is 55.5 Å². The van der Waals surface area contributed by atoms with Crippen molar-refractivity contribution in [3.05, 3.63) is 64.7 Å². The molecule has 1 aliphatic rings. The van der Waals surface area contributed by atoms with Gasteiger partial charge in [0, 0.05) is 29.2 Å². The van der Waals surface area contributed by atoms with E-state index in [2.05, 4.69) is 0 Å². The summed E-state index contributed by atoms with van der Waals surface area (Å²) in [6, 6.07) is 12.7. The first-order valence-electron chi connectivity index (χ1n) is 9.88. The topological polar surface area (TPSA) is 90.0 Å². The van der Waals surface area contributed by atoms with E-state index in [0.717, 1.165) is 0 Å². The van der Waals surface area contributed by atoms with Crippen LogP contribution in [0.25, 0.3) is 0 Å². The van der Waals surface area contributed by atoms with Gasteiger partial charge < -0.3 is 14.4 Å². The van der Waals surface area contributed by atoms with E-state index >= 15 is 0 Å². The van der Waals surface area contributed by atoms with Crippen LogP contribution in [0.2, 0.25) is 5.02 Å². The van der Waals surface area contributed by atoms with Gasteiger partial charge in [-0.1, -0.05) is 11.6 Å². The zero-order valence-electron chi connectivity index (χ0n) is 17.2. The van der Waals surface area contributed by atoms with Gasteiger partial charge >= 0.3 is 11.9 Å². The summed E-state index contributed by atoms with van der Waals surface area (Å²) in [6.07, 6.45) is -0.998. The van der Waals surface area contributed by atoms with Crippen LogP contribution in [0.4, 0.5) is 5.69 Å². The van der Waals surface area contributed by atoms with Crippen LogP contribution in [0.15, 0.2) is 48.5 Å². The fourth-order valence-electron chi connectivity index (χ4n) is 3.28. The van der Waals surface area contributed by atoms with Gasteiger partial charge in [-0.15, -0.1) is 0 Å². The Hall–Kier alpha value is -3.19. The van der Waals surface area contributed by atoms with Crippen molar-refractivity contribution in [2.45, 2.75) is 26.4 Å². The molecule has 0 spiro atoms. The van der Waals surface area contributed by atoms with Crippen molar-refractivity contribution >= 4 is 40.9 Å². The molecule has 2 atom stereocenters. The van der Waals surface area contributed by atoms with E-state index in [1.165, 1.54) is 11.8 Å². The number of ketones is 1. The highest BCUT2D eigenvalue weighted by Crippen LogP contribution is 2.27. The lowest BCUT2D eigenvalue weighted by Gasteiger charge is -2.18. The molecule has 0 aromatic heterocycles. The van der Waals surface area contributed by atoms with Crippen molar-refractivity contribution in [2.75, 3.05) is 18.1 Å². The minimum absolute atomic E-state index is 0.0136. The second kappa shape index (κ2) is 9.75. The van der Waals surface area contributed by atoms with Gasteiger partial charge in [-0.3, -0.25) is 14.4 Å². The second-order valence-electron chi connectivity index (χ2n) is 7.12. The van der Waals surface area contributed by atoms with E-state index in [0.29, 0.717) is 21.8 Å². The summed E-state index contributed by atoms with van der Waals surface area (Å²) in [6.45, 7) is 3.63. The van der Waals surface area contributed by atoms with Gasteiger partial charge in [-0.2, -0.15) is 0 Å². The van der Waals surface area contributed by atoms with Crippen LogP contribution in [0, 0.1) is 5.92 Å². The largest absolute Gasteiger partial charge is 0.462 e. The van der Waals surface area contributed by atoms with Crippen molar-refractivity contribution < 1.29 is 28.7 Å². The summed E-state index contributed by atoms with van der Waals surface area (Å²) in [5.74, 6) is -2.31. The van der Waals surface area contributed by atoms with Crippen LogP contribution in [0.1, 0.15) is 41.0 Å². The molecular formula is C23H22ClNO6. The molecule has 1 saturated heterocycles. The van der Waals surface area contributed by atoms with Gasteiger partial charge in [0.15, 0.2) is 6.10 Å². The summed E-state index contributed by atoms with van der Waals surface area (Å²) in [5, 5.41) is 0.501. The van der Waals surface area contributed by atoms with Crippen LogP contribution < -0.4 is 4.90 Å². The summed E-state index contributed by atoms with van der Waals surface area (Å²) in [5.41, 5.74) is 1.33. The molecule has 1 fully saturated rings. The lowest BCUT2D eigenvalue weighted by molar-refractivity contribution is -0.151. The molecule has 8 heteroatoms. The normalized spacial score (nSPS) is 16.7. The Morgan fingerprint density at radius 3 is 2.29 bits per heavy atom. The number of hydrogen-bond acceptors (Lipinski definition) is 6. The number of benzene rings is 2. The molecule has 0 aliphatic carbocycles. The van der Waals surface area contributed by atoms with Crippen LogP contribution in [-0.2, 0) is 19.1 Å².